The van der Waals surface area contributed by atoms with Gasteiger partial charge < -0.3 is 4.74 Å². The third-order valence-corrected chi connectivity index (χ3v) is 4.50. The minimum Gasteiger partial charge on any atom is -0.466 e. The summed E-state index contributed by atoms with van der Waals surface area (Å²) in [6.45, 7) is 6.88. The number of hydrogen-bond acceptors (Lipinski definition) is 2. The molecule has 0 saturated heterocycles. The largest absolute Gasteiger partial charge is 0.466 e. The molecule has 0 aromatic heterocycles. The summed E-state index contributed by atoms with van der Waals surface area (Å²) in [4.78, 5) is 10.7. The second-order valence-electron chi connectivity index (χ2n) is 5.50. The van der Waals surface area contributed by atoms with Crippen LogP contribution >= 0.6 is 0 Å². The number of esters is 1. The smallest absolute Gasteiger partial charge is 0.302 e. The van der Waals surface area contributed by atoms with Crippen molar-refractivity contribution in [2.45, 2.75) is 40.0 Å². The van der Waals surface area contributed by atoms with Crippen molar-refractivity contribution in [2.24, 2.45) is 23.2 Å². The number of hydrogen-bond donors (Lipinski definition) is 0. The fourth-order valence-corrected chi connectivity index (χ4v) is 3.39. The zero-order valence-corrected chi connectivity index (χ0v) is 9.38. The Balaban J connectivity index is 1.91. The highest BCUT2D eigenvalue weighted by molar-refractivity contribution is 5.65. The molecule has 3 aliphatic carbocycles. The zero-order chi connectivity index (χ0) is 10.3. The van der Waals surface area contributed by atoms with Crippen LogP contribution in [0.1, 0.15) is 40.0 Å². The molecule has 3 atom stereocenters. The summed E-state index contributed by atoms with van der Waals surface area (Å²) in [5.74, 6) is 2.21. The standard InChI is InChI=1S/C12H20O2/c1-8(13)14-7-9-4-5-10-6-11(9)12(10,2)3/h9-11H,4-7H2,1-3H3/t9-,10+,11-/m0/s1. The molecular formula is C12H20O2. The van der Waals surface area contributed by atoms with Gasteiger partial charge in [-0.25, -0.2) is 0 Å². The van der Waals surface area contributed by atoms with Crippen molar-refractivity contribution in [3.63, 3.8) is 0 Å². The lowest BCUT2D eigenvalue weighted by Crippen LogP contribution is -2.53. The van der Waals surface area contributed by atoms with Gasteiger partial charge in [0.1, 0.15) is 0 Å². The van der Waals surface area contributed by atoms with Crippen molar-refractivity contribution >= 4 is 5.97 Å². The SMILES string of the molecule is CC(=O)OC[C@@H]1CC[C@@H]2C[C@@H]1C2(C)C. The van der Waals surface area contributed by atoms with E-state index in [1.807, 2.05) is 0 Å². The Morgan fingerprint density at radius 3 is 2.64 bits per heavy atom. The van der Waals surface area contributed by atoms with Gasteiger partial charge in [-0.1, -0.05) is 13.8 Å². The van der Waals surface area contributed by atoms with Crippen LogP contribution in [-0.2, 0) is 9.53 Å². The van der Waals surface area contributed by atoms with E-state index < -0.39 is 0 Å². The fourth-order valence-electron chi connectivity index (χ4n) is 3.39. The molecule has 3 aliphatic rings. The predicted octanol–water partition coefficient (Wildman–Crippen LogP) is 2.62. The highest BCUT2D eigenvalue weighted by Gasteiger charge is 2.54. The minimum atomic E-state index is -0.135. The topological polar surface area (TPSA) is 26.3 Å². The van der Waals surface area contributed by atoms with Crippen LogP contribution in [0.2, 0.25) is 0 Å². The van der Waals surface area contributed by atoms with Gasteiger partial charge in [0.25, 0.3) is 0 Å². The molecule has 2 nitrogen and oxygen atoms in total. The molecule has 2 bridgehead atoms. The molecule has 14 heavy (non-hydrogen) atoms. The lowest BCUT2D eigenvalue weighted by Gasteiger charge is -2.60. The summed E-state index contributed by atoms with van der Waals surface area (Å²) < 4.78 is 5.13. The number of rotatable bonds is 2. The first-order valence-corrected chi connectivity index (χ1v) is 5.65. The van der Waals surface area contributed by atoms with E-state index in [-0.39, 0.29) is 5.97 Å². The molecule has 80 valence electrons. The summed E-state index contributed by atoms with van der Waals surface area (Å²) in [6.07, 6.45) is 3.94. The quantitative estimate of drug-likeness (QED) is 0.635. The second-order valence-corrected chi connectivity index (χ2v) is 5.50. The third kappa shape index (κ3) is 1.45. The molecule has 0 spiro atoms. The predicted molar refractivity (Wildman–Crippen MR) is 54.7 cm³/mol. The Labute approximate surface area is 86.0 Å². The van der Waals surface area contributed by atoms with E-state index in [9.17, 15) is 4.79 Å². The lowest BCUT2D eigenvalue weighted by atomic mass is 9.46. The van der Waals surface area contributed by atoms with Gasteiger partial charge in [0.05, 0.1) is 6.61 Å². The first-order chi connectivity index (χ1) is 6.51. The highest BCUT2D eigenvalue weighted by Crippen LogP contribution is 2.61. The maximum Gasteiger partial charge on any atom is 0.302 e. The average Bonchev–Trinajstić information content (AvgIpc) is 2.14. The molecular weight excluding hydrogens is 176 g/mol. The Kier molecular flexibility index (Phi) is 2.32. The summed E-state index contributed by atoms with van der Waals surface area (Å²) in [5.41, 5.74) is 0.503. The molecule has 3 rings (SSSR count). The minimum absolute atomic E-state index is 0.135. The number of carbonyl (C=O) groups excluding carboxylic acids is 1. The molecule has 0 aromatic rings. The van der Waals surface area contributed by atoms with Gasteiger partial charge in [0.15, 0.2) is 0 Å². The molecule has 0 aromatic carbocycles. The molecule has 0 N–H and O–H groups in total. The van der Waals surface area contributed by atoms with Crippen LogP contribution in [0.4, 0.5) is 0 Å². The summed E-state index contributed by atoms with van der Waals surface area (Å²) in [5, 5.41) is 0. The molecule has 0 radical (unpaired) electrons. The van der Waals surface area contributed by atoms with E-state index in [1.165, 1.54) is 26.2 Å². The Morgan fingerprint density at radius 2 is 2.14 bits per heavy atom. The number of fused-ring (bicyclic) bond motifs is 2. The normalized spacial score (nSPS) is 38.6. The Hall–Kier alpha value is -0.530. The average molecular weight is 196 g/mol. The maximum absolute atomic E-state index is 10.7. The van der Waals surface area contributed by atoms with E-state index in [2.05, 4.69) is 13.8 Å². The monoisotopic (exact) mass is 196 g/mol. The van der Waals surface area contributed by atoms with Gasteiger partial charge in [-0.3, -0.25) is 4.79 Å². The van der Waals surface area contributed by atoms with Crippen LogP contribution in [0.15, 0.2) is 0 Å². The number of carbonyl (C=O) groups is 1. The van der Waals surface area contributed by atoms with E-state index in [1.54, 1.807) is 0 Å². The van der Waals surface area contributed by atoms with E-state index in [0.717, 1.165) is 11.8 Å². The molecule has 2 heteroatoms. The van der Waals surface area contributed by atoms with Crippen LogP contribution in [0.25, 0.3) is 0 Å². The van der Waals surface area contributed by atoms with Crippen molar-refractivity contribution in [1.82, 2.24) is 0 Å². The van der Waals surface area contributed by atoms with Crippen molar-refractivity contribution in [2.75, 3.05) is 6.61 Å². The zero-order valence-electron chi connectivity index (χ0n) is 9.38. The van der Waals surface area contributed by atoms with Crippen LogP contribution < -0.4 is 0 Å². The van der Waals surface area contributed by atoms with Crippen molar-refractivity contribution in [3.05, 3.63) is 0 Å². The second kappa shape index (κ2) is 3.25. The van der Waals surface area contributed by atoms with Crippen LogP contribution in [-0.4, -0.2) is 12.6 Å². The van der Waals surface area contributed by atoms with Crippen molar-refractivity contribution < 1.29 is 9.53 Å². The van der Waals surface area contributed by atoms with E-state index in [0.29, 0.717) is 17.9 Å². The van der Waals surface area contributed by atoms with Crippen molar-refractivity contribution in [1.29, 1.82) is 0 Å². The molecule has 3 saturated carbocycles. The maximum atomic E-state index is 10.7. The van der Waals surface area contributed by atoms with E-state index >= 15 is 0 Å². The number of ether oxygens (including phenoxy) is 1. The molecule has 3 fully saturated rings. The van der Waals surface area contributed by atoms with Gasteiger partial charge >= 0.3 is 5.97 Å². The third-order valence-electron chi connectivity index (χ3n) is 4.50. The van der Waals surface area contributed by atoms with Gasteiger partial charge in [-0.05, 0) is 42.4 Å². The van der Waals surface area contributed by atoms with Crippen molar-refractivity contribution in [3.8, 4) is 0 Å². The Morgan fingerprint density at radius 1 is 1.43 bits per heavy atom. The fraction of sp³-hybridized carbons (Fsp3) is 0.917. The summed E-state index contributed by atoms with van der Waals surface area (Å²) in [7, 11) is 0. The van der Waals surface area contributed by atoms with Crippen LogP contribution in [0.3, 0.4) is 0 Å². The van der Waals surface area contributed by atoms with Gasteiger partial charge in [-0.2, -0.15) is 0 Å². The van der Waals surface area contributed by atoms with Crippen LogP contribution in [0.5, 0.6) is 0 Å². The molecule has 0 amide bonds. The summed E-state index contributed by atoms with van der Waals surface area (Å²) >= 11 is 0. The molecule has 0 aliphatic heterocycles. The van der Waals surface area contributed by atoms with Gasteiger partial charge in [0.2, 0.25) is 0 Å². The lowest BCUT2D eigenvalue weighted by molar-refractivity contribution is -0.153. The molecule has 0 unspecified atom stereocenters. The van der Waals surface area contributed by atoms with E-state index in [4.69, 9.17) is 4.74 Å². The first kappa shape index (κ1) is 10.0. The highest BCUT2D eigenvalue weighted by atomic mass is 16.5. The Bertz CT molecular complexity index is 243. The van der Waals surface area contributed by atoms with Gasteiger partial charge in [0, 0.05) is 6.92 Å². The van der Waals surface area contributed by atoms with Gasteiger partial charge in [-0.15, -0.1) is 0 Å². The molecule has 0 heterocycles. The summed E-state index contributed by atoms with van der Waals surface area (Å²) in [6, 6.07) is 0. The van der Waals surface area contributed by atoms with Crippen LogP contribution in [0, 0.1) is 23.2 Å². The first-order valence-electron chi connectivity index (χ1n) is 5.65.